The number of aryl methyl sites for hydroxylation is 1. The van der Waals surface area contributed by atoms with Gasteiger partial charge in [0, 0.05) is 31.2 Å². The van der Waals surface area contributed by atoms with E-state index < -0.39 is 0 Å². The van der Waals surface area contributed by atoms with Crippen molar-refractivity contribution in [1.82, 2.24) is 30.2 Å². The van der Waals surface area contributed by atoms with Gasteiger partial charge >= 0.3 is 0 Å². The maximum atomic E-state index is 13.3. The highest BCUT2D eigenvalue weighted by molar-refractivity contribution is 5.95. The molecule has 1 aliphatic heterocycles. The Morgan fingerprint density at radius 2 is 2.05 bits per heavy atom. The van der Waals surface area contributed by atoms with E-state index >= 15 is 0 Å². The fraction of sp³-hybridized carbons (Fsp3) is 0.571. The summed E-state index contributed by atoms with van der Waals surface area (Å²) in [5.41, 5.74) is 2.10. The Bertz CT molecular complexity index is 1290. The molecule has 206 valence electrons. The van der Waals surface area contributed by atoms with Crippen molar-refractivity contribution in [2.45, 2.75) is 78.2 Å². The Hall–Kier alpha value is -3.24. The Kier molecular flexibility index (Phi) is 9.52. The number of carbonyl (C=O) groups excluding carboxylic acids is 1. The fourth-order valence-corrected chi connectivity index (χ4v) is 5.05. The molecule has 0 aliphatic carbocycles. The first-order valence-electron chi connectivity index (χ1n) is 14.0. The lowest BCUT2D eigenvalue weighted by atomic mass is 9.97. The van der Waals surface area contributed by atoms with Crippen molar-refractivity contribution in [3.8, 4) is 17.1 Å². The molecule has 10 nitrogen and oxygen atoms in total. The van der Waals surface area contributed by atoms with Gasteiger partial charge in [0.05, 0.1) is 23.9 Å². The number of unbranched alkanes of at least 4 members (excludes halogenated alkanes) is 3. The molecule has 0 bridgehead atoms. The zero-order valence-corrected chi connectivity index (χ0v) is 23.0. The van der Waals surface area contributed by atoms with Crippen molar-refractivity contribution in [1.29, 1.82) is 0 Å². The highest BCUT2D eigenvalue weighted by Gasteiger charge is 2.23. The number of hydrogen-bond acceptors (Lipinski definition) is 7. The number of benzene rings is 1. The third-order valence-corrected chi connectivity index (χ3v) is 7.12. The molecule has 10 heteroatoms. The summed E-state index contributed by atoms with van der Waals surface area (Å²) < 4.78 is 7.60. The average molecular weight is 524 g/mol. The molecule has 1 saturated heterocycles. The van der Waals surface area contributed by atoms with Gasteiger partial charge in [-0.2, -0.15) is 0 Å². The normalized spacial score (nSPS) is 16.5. The molecule has 1 amide bonds. The Labute approximate surface area is 224 Å². The highest BCUT2D eigenvalue weighted by Crippen LogP contribution is 2.32. The second-order valence-corrected chi connectivity index (χ2v) is 9.92. The van der Waals surface area contributed by atoms with Crippen molar-refractivity contribution in [3.05, 3.63) is 40.1 Å². The summed E-state index contributed by atoms with van der Waals surface area (Å²) >= 11 is 0. The van der Waals surface area contributed by atoms with E-state index in [9.17, 15) is 9.59 Å². The lowest BCUT2D eigenvalue weighted by Crippen LogP contribution is -2.54. The van der Waals surface area contributed by atoms with E-state index in [0.29, 0.717) is 47.2 Å². The number of ether oxygens (including phenoxy) is 1. The molecule has 0 saturated carbocycles. The van der Waals surface area contributed by atoms with Crippen LogP contribution in [0.5, 0.6) is 5.75 Å². The molecule has 38 heavy (non-hydrogen) atoms. The number of carbonyl (C=O) groups is 1. The Morgan fingerprint density at radius 3 is 2.76 bits per heavy atom. The third kappa shape index (κ3) is 6.24. The van der Waals surface area contributed by atoms with Gasteiger partial charge in [-0.15, -0.1) is 5.10 Å². The number of nitrogens with zero attached hydrogens (tertiary/aromatic N) is 3. The first-order valence-corrected chi connectivity index (χ1v) is 14.0. The Balaban J connectivity index is 1.71. The van der Waals surface area contributed by atoms with Crippen LogP contribution in [0.2, 0.25) is 0 Å². The maximum absolute atomic E-state index is 13.3. The second-order valence-electron chi connectivity index (χ2n) is 9.92. The predicted molar refractivity (Wildman–Crippen MR) is 150 cm³/mol. The number of nitrogens with one attached hydrogen (secondary N) is 4. The van der Waals surface area contributed by atoms with Gasteiger partial charge in [-0.3, -0.25) is 9.59 Å². The van der Waals surface area contributed by atoms with Gasteiger partial charge in [-0.1, -0.05) is 39.5 Å². The minimum Gasteiger partial charge on any atom is -0.493 e. The van der Waals surface area contributed by atoms with Crippen LogP contribution in [0.4, 0.5) is 5.69 Å². The molecule has 0 radical (unpaired) electrons. The number of amides is 1. The van der Waals surface area contributed by atoms with Crippen LogP contribution in [-0.4, -0.2) is 57.8 Å². The fourth-order valence-electron chi connectivity index (χ4n) is 5.05. The largest absolute Gasteiger partial charge is 0.493 e. The van der Waals surface area contributed by atoms with E-state index in [4.69, 9.17) is 14.8 Å². The van der Waals surface area contributed by atoms with Gasteiger partial charge < -0.3 is 25.7 Å². The number of anilines is 1. The average Bonchev–Trinajstić information content (AvgIpc) is 3.26. The standard InChI is InChI=1S/C28H41N7O3/c1-5-8-9-10-11-19(6-2)26-31-18(4)24-28(37)33-25(34-35(24)26)21-16-20(12-13-23(21)38-7-3)32-27(36)22-17-29-14-15-30-22/h12-13,16,19,22,29-30H,5-11,14-15,17H2,1-4H3,(H,32,36)(H,33,34,37). The van der Waals surface area contributed by atoms with Crippen LogP contribution in [0.1, 0.15) is 76.7 Å². The minimum atomic E-state index is -0.312. The van der Waals surface area contributed by atoms with Crippen LogP contribution >= 0.6 is 0 Å². The van der Waals surface area contributed by atoms with Crippen LogP contribution < -0.4 is 26.2 Å². The first kappa shape index (κ1) is 27.8. The first-order chi connectivity index (χ1) is 18.5. The minimum absolute atomic E-state index is 0.120. The number of hydrogen-bond donors (Lipinski definition) is 4. The number of aromatic amines is 1. The number of fused-ring (bicyclic) bond motifs is 1. The summed E-state index contributed by atoms with van der Waals surface area (Å²) in [5, 5.41) is 14.3. The molecule has 3 aromatic rings. The summed E-state index contributed by atoms with van der Waals surface area (Å²) in [6, 6.07) is 5.09. The van der Waals surface area contributed by atoms with Gasteiger partial charge in [-0.25, -0.2) is 9.50 Å². The van der Waals surface area contributed by atoms with Gasteiger partial charge in [0.1, 0.15) is 11.6 Å². The van der Waals surface area contributed by atoms with Crippen LogP contribution in [-0.2, 0) is 4.79 Å². The van der Waals surface area contributed by atoms with E-state index in [-0.39, 0.29) is 23.4 Å². The molecular formula is C28H41N7O3. The summed E-state index contributed by atoms with van der Waals surface area (Å²) in [4.78, 5) is 33.8. The highest BCUT2D eigenvalue weighted by atomic mass is 16.5. The number of imidazole rings is 1. The number of piperazine rings is 1. The SMILES string of the molecule is CCCCCCC(CC)c1nc(C)c2c(=O)[nH]c(-c3cc(NC(=O)C4CNCCN4)ccc3OCC)nn12. The number of rotatable bonds is 12. The molecular weight excluding hydrogens is 482 g/mol. The molecule has 2 aromatic heterocycles. The zero-order valence-electron chi connectivity index (χ0n) is 23.0. The number of H-pyrrole nitrogens is 1. The lowest BCUT2D eigenvalue weighted by molar-refractivity contribution is -0.118. The molecule has 2 atom stereocenters. The van der Waals surface area contributed by atoms with E-state index in [0.717, 1.165) is 38.2 Å². The molecule has 4 N–H and O–H groups in total. The smallest absolute Gasteiger partial charge is 0.277 e. The third-order valence-electron chi connectivity index (χ3n) is 7.12. The molecule has 2 unspecified atom stereocenters. The van der Waals surface area contributed by atoms with E-state index in [1.54, 1.807) is 22.7 Å². The van der Waals surface area contributed by atoms with E-state index in [1.165, 1.54) is 19.3 Å². The maximum Gasteiger partial charge on any atom is 0.277 e. The lowest BCUT2D eigenvalue weighted by Gasteiger charge is -2.23. The predicted octanol–water partition coefficient (Wildman–Crippen LogP) is 3.76. The van der Waals surface area contributed by atoms with Gasteiger partial charge in [0.15, 0.2) is 11.3 Å². The van der Waals surface area contributed by atoms with Crippen molar-refractivity contribution in [2.75, 3.05) is 31.6 Å². The van der Waals surface area contributed by atoms with Crippen molar-refractivity contribution < 1.29 is 9.53 Å². The summed E-state index contributed by atoms with van der Waals surface area (Å²) in [6.07, 6.45) is 6.66. The van der Waals surface area contributed by atoms with E-state index in [2.05, 4.69) is 34.8 Å². The van der Waals surface area contributed by atoms with Gasteiger partial charge in [-0.05, 0) is 44.9 Å². The topological polar surface area (TPSA) is 125 Å². The molecule has 1 aliphatic rings. The number of aromatic nitrogens is 4. The van der Waals surface area contributed by atoms with Gasteiger partial charge in [0.2, 0.25) is 5.91 Å². The van der Waals surface area contributed by atoms with Crippen LogP contribution in [0, 0.1) is 6.92 Å². The van der Waals surface area contributed by atoms with Crippen LogP contribution in [0.3, 0.4) is 0 Å². The monoisotopic (exact) mass is 523 g/mol. The molecule has 0 spiro atoms. The quantitative estimate of drug-likeness (QED) is 0.266. The molecule has 4 rings (SSSR count). The second kappa shape index (κ2) is 13.0. The van der Waals surface area contributed by atoms with Crippen LogP contribution in [0.15, 0.2) is 23.0 Å². The summed E-state index contributed by atoms with van der Waals surface area (Å²) in [6.45, 7) is 10.7. The van der Waals surface area contributed by atoms with Crippen molar-refractivity contribution in [2.24, 2.45) is 0 Å². The molecule has 1 fully saturated rings. The van der Waals surface area contributed by atoms with Crippen LogP contribution in [0.25, 0.3) is 16.9 Å². The zero-order chi connectivity index (χ0) is 27.1. The summed E-state index contributed by atoms with van der Waals surface area (Å²) in [7, 11) is 0. The molecule has 1 aromatic carbocycles. The van der Waals surface area contributed by atoms with Gasteiger partial charge in [0.25, 0.3) is 5.56 Å². The van der Waals surface area contributed by atoms with Crippen molar-refractivity contribution >= 4 is 17.1 Å². The Morgan fingerprint density at radius 1 is 1.21 bits per heavy atom. The van der Waals surface area contributed by atoms with E-state index in [1.807, 2.05) is 13.8 Å². The van der Waals surface area contributed by atoms with Crippen molar-refractivity contribution in [3.63, 3.8) is 0 Å². The summed E-state index contributed by atoms with van der Waals surface area (Å²) in [5.74, 6) is 1.87. The molecule has 3 heterocycles.